The SMILES string of the molecule is Cc1ccc(-c2nc(-c3ccccc3)c(-c3ccccc3)[nH]2)o1. The number of nitrogens with zero attached hydrogens (tertiary/aromatic N) is 1. The molecule has 0 bridgehead atoms. The van der Waals surface area contributed by atoms with E-state index in [0.717, 1.165) is 39.9 Å². The molecule has 2 heterocycles. The maximum atomic E-state index is 5.72. The molecule has 0 unspecified atom stereocenters. The van der Waals surface area contributed by atoms with Gasteiger partial charge in [-0.1, -0.05) is 60.7 Å². The fraction of sp³-hybridized carbons (Fsp3) is 0.0500. The van der Waals surface area contributed by atoms with Crippen LogP contribution in [-0.2, 0) is 0 Å². The minimum atomic E-state index is 0.746. The van der Waals surface area contributed by atoms with Crippen LogP contribution in [0.15, 0.2) is 77.2 Å². The van der Waals surface area contributed by atoms with Crippen molar-refractivity contribution in [3.8, 4) is 34.1 Å². The first-order chi connectivity index (χ1) is 11.3. The Morgan fingerprint density at radius 1 is 0.783 bits per heavy atom. The van der Waals surface area contributed by atoms with Crippen molar-refractivity contribution < 1.29 is 4.42 Å². The van der Waals surface area contributed by atoms with Crippen LogP contribution in [0.5, 0.6) is 0 Å². The molecule has 0 aliphatic rings. The van der Waals surface area contributed by atoms with Gasteiger partial charge in [0.05, 0.1) is 11.4 Å². The van der Waals surface area contributed by atoms with Crippen molar-refractivity contribution in [3.63, 3.8) is 0 Å². The van der Waals surface area contributed by atoms with E-state index in [2.05, 4.69) is 29.2 Å². The van der Waals surface area contributed by atoms with Gasteiger partial charge in [0.1, 0.15) is 5.76 Å². The van der Waals surface area contributed by atoms with E-state index >= 15 is 0 Å². The molecule has 2 aromatic heterocycles. The summed E-state index contributed by atoms with van der Waals surface area (Å²) >= 11 is 0. The van der Waals surface area contributed by atoms with E-state index in [0.29, 0.717) is 0 Å². The van der Waals surface area contributed by atoms with Crippen LogP contribution in [0.25, 0.3) is 34.1 Å². The first kappa shape index (κ1) is 13.6. The minimum Gasteiger partial charge on any atom is -0.458 e. The highest BCUT2D eigenvalue weighted by Gasteiger charge is 2.16. The third-order valence-corrected chi connectivity index (χ3v) is 3.79. The fourth-order valence-electron chi connectivity index (χ4n) is 2.67. The zero-order valence-corrected chi connectivity index (χ0v) is 12.8. The van der Waals surface area contributed by atoms with E-state index in [9.17, 15) is 0 Å². The minimum absolute atomic E-state index is 0.746. The molecule has 0 saturated carbocycles. The maximum Gasteiger partial charge on any atom is 0.174 e. The predicted molar refractivity (Wildman–Crippen MR) is 91.9 cm³/mol. The second kappa shape index (κ2) is 5.61. The maximum absolute atomic E-state index is 5.72. The summed E-state index contributed by atoms with van der Waals surface area (Å²) < 4.78 is 5.72. The van der Waals surface area contributed by atoms with Crippen molar-refractivity contribution in [2.24, 2.45) is 0 Å². The van der Waals surface area contributed by atoms with Crippen molar-refractivity contribution in [2.75, 3.05) is 0 Å². The van der Waals surface area contributed by atoms with Crippen LogP contribution >= 0.6 is 0 Å². The van der Waals surface area contributed by atoms with Gasteiger partial charge >= 0.3 is 0 Å². The van der Waals surface area contributed by atoms with Crippen LogP contribution in [-0.4, -0.2) is 9.97 Å². The number of nitrogens with one attached hydrogen (secondary N) is 1. The summed E-state index contributed by atoms with van der Waals surface area (Å²) in [7, 11) is 0. The van der Waals surface area contributed by atoms with E-state index < -0.39 is 0 Å². The number of imidazole rings is 1. The molecule has 0 radical (unpaired) electrons. The second-order valence-corrected chi connectivity index (χ2v) is 5.45. The Labute approximate surface area is 134 Å². The van der Waals surface area contributed by atoms with E-state index in [1.54, 1.807) is 0 Å². The summed E-state index contributed by atoms with van der Waals surface area (Å²) in [5, 5.41) is 0. The van der Waals surface area contributed by atoms with Crippen LogP contribution in [0.2, 0.25) is 0 Å². The Bertz CT molecular complexity index is 864. The normalized spacial score (nSPS) is 10.8. The van der Waals surface area contributed by atoms with Crippen molar-refractivity contribution in [2.45, 2.75) is 6.92 Å². The van der Waals surface area contributed by atoms with Gasteiger partial charge in [-0.3, -0.25) is 0 Å². The summed E-state index contributed by atoms with van der Waals surface area (Å²) in [4.78, 5) is 8.21. The van der Waals surface area contributed by atoms with E-state index in [1.165, 1.54) is 0 Å². The lowest BCUT2D eigenvalue weighted by Crippen LogP contribution is -1.82. The number of aromatic amines is 1. The first-order valence-corrected chi connectivity index (χ1v) is 7.59. The number of aryl methyl sites for hydroxylation is 1. The van der Waals surface area contributed by atoms with Gasteiger partial charge in [0.25, 0.3) is 0 Å². The van der Waals surface area contributed by atoms with Gasteiger partial charge in [-0.2, -0.15) is 0 Å². The number of rotatable bonds is 3. The van der Waals surface area contributed by atoms with E-state index in [4.69, 9.17) is 9.40 Å². The molecule has 4 rings (SSSR count). The molecular formula is C20H16N2O. The summed E-state index contributed by atoms with van der Waals surface area (Å²) in [5.74, 6) is 2.37. The molecule has 2 aromatic carbocycles. The molecule has 0 amide bonds. The lowest BCUT2D eigenvalue weighted by atomic mass is 10.1. The summed E-state index contributed by atoms with van der Waals surface area (Å²) in [6, 6.07) is 24.3. The zero-order chi connectivity index (χ0) is 15.6. The average molecular weight is 300 g/mol. The molecule has 0 fully saturated rings. The van der Waals surface area contributed by atoms with Crippen molar-refractivity contribution in [3.05, 3.63) is 78.6 Å². The smallest absolute Gasteiger partial charge is 0.174 e. The number of hydrogen-bond donors (Lipinski definition) is 1. The van der Waals surface area contributed by atoms with Crippen LogP contribution in [0.3, 0.4) is 0 Å². The van der Waals surface area contributed by atoms with Crippen LogP contribution in [0.4, 0.5) is 0 Å². The number of benzene rings is 2. The lowest BCUT2D eigenvalue weighted by molar-refractivity contribution is 0.545. The Morgan fingerprint density at radius 3 is 2.04 bits per heavy atom. The Morgan fingerprint density at radius 2 is 1.43 bits per heavy atom. The molecule has 3 nitrogen and oxygen atoms in total. The summed E-state index contributed by atoms with van der Waals surface area (Å²) in [6.45, 7) is 1.93. The third kappa shape index (κ3) is 2.57. The molecular weight excluding hydrogens is 284 g/mol. The van der Waals surface area contributed by atoms with Gasteiger partial charge in [-0.05, 0) is 19.1 Å². The van der Waals surface area contributed by atoms with Gasteiger partial charge < -0.3 is 9.40 Å². The molecule has 112 valence electrons. The number of aromatic nitrogens is 2. The molecule has 0 atom stereocenters. The third-order valence-electron chi connectivity index (χ3n) is 3.79. The van der Waals surface area contributed by atoms with Gasteiger partial charge in [0.15, 0.2) is 11.6 Å². The summed E-state index contributed by atoms with van der Waals surface area (Å²) in [5.41, 5.74) is 4.12. The molecule has 4 aromatic rings. The number of hydrogen-bond acceptors (Lipinski definition) is 2. The number of H-pyrrole nitrogens is 1. The quantitative estimate of drug-likeness (QED) is 0.557. The standard InChI is InChI=1S/C20H16N2O/c1-14-12-13-17(23-14)20-21-18(15-8-4-2-5-9-15)19(22-20)16-10-6-3-7-11-16/h2-13H,1H3,(H,21,22). The second-order valence-electron chi connectivity index (χ2n) is 5.45. The van der Waals surface area contributed by atoms with Gasteiger partial charge in [-0.15, -0.1) is 0 Å². The predicted octanol–water partition coefficient (Wildman–Crippen LogP) is 5.31. The summed E-state index contributed by atoms with van der Waals surface area (Å²) in [6.07, 6.45) is 0. The highest BCUT2D eigenvalue weighted by Crippen LogP contribution is 2.33. The molecule has 23 heavy (non-hydrogen) atoms. The fourth-order valence-corrected chi connectivity index (χ4v) is 2.67. The largest absolute Gasteiger partial charge is 0.458 e. The molecule has 0 aliphatic carbocycles. The lowest BCUT2D eigenvalue weighted by Gasteiger charge is -2.02. The van der Waals surface area contributed by atoms with Crippen LogP contribution in [0.1, 0.15) is 5.76 Å². The molecule has 0 spiro atoms. The Balaban J connectivity index is 1.91. The topological polar surface area (TPSA) is 41.8 Å². The van der Waals surface area contributed by atoms with Gasteiger partial charge in [-0.25, -0.2) is 4.98 Å². The molecule has 0 aliphatic heterocycles. The van der Waals surface area contributed by atoms with Crippen LogP contribution < -0.4 is 0 Å². The Kier molecular flexibility index (Phi) is 3.31. The molecule has 0 saturated heterocycles. The highest BCUT2D eigenvalue weighted by molar-refractivity contribution is 5.80. The highest BCUT2D eigenvalue weighted by atomic mass is 16.3. The first-order valence-electron chi connectivity index (χ1n) is 7.59. The van der Waals surface area contributed by atoms with Gasteiger partial charge in [0, 0.05) is 11.1 Å². The van der Waals surface area contributed by atoms with E-state index in [1.807, 2.05) is 55.5 Å². The molecule has 1 N–H and O–H groups in total. The van der Waals surface area contributed by atoms with Crippen LogP contribution in [0, 0.1) is 6.92 Å². The van der Waals surface area contributed by atoms with Gasteiger partial charge in [0.2, 0.25) is 0 Å². The Hall–Kier alpha value is -3.07. The van der Waals surface area contributed by atoms with Crippen molar-refractivity contribution in [1.82, 2.24) is 9.97 Å². The van der Waals surface area contributed by atoms with Crippen molar-refractivity contribution in [1.29, 1.82) is 0 Å². The molecule has 3 heteroatoms. The zero-order valence-electron chi connectivity index (χ0n) is 12.8. The van der Waals surface area contributed by atoms with E-state index in [-0.39, 0.29) is 0 Å². The number of furan rings is 1. The van der Waals surface area contributed by atoms with Crippen molar-refractivity contribution >= 4 is 0 Å². The average Bonchev–Trinajstić information content (AvgIpc) is 3.23. The monoisotopic (exact) mass is 300 g/mol.